The van der Waals surface area contributed by atoms with Gasteiger partial charge in [0.1, 0.15) is 0 Å². The number of amides is 1. The van der Waals surface area contributed by atoms with E-state index in [-0.39, 0.29) is 5.91 Å². The quantitative estimate of drug-likeness (QED) is 0.499. The number of nitrogens with one attached hydrogen (secondary N) is 1. The molecule has 0 saturated heterocycles. The Morgan fingerprint density at radius 2 is 1.74 bits per heavy atom. The van der Waals surface area contributed by atoms with Crippen LogP contribution in [0.3, 0.4) is 0 Å². The Hall–Kier alpha value is -4.37. The van der Waals surface area contributed by atoms with Gasteiger partial charge in [-0.05, 0) is 48.5 Å². The Kier molecular flexibility index (Phi) is 5.50. The van der Waals surface area contributed by atoms with Crippen LogP contribution in [0.5, 0.6) is 11.5 Å². The van der Waals surface area contributed by atoms with E-state index in [1.54, 1.807) is 50.6 Å². The van der Waals surface area contributed by atoms with E-state index in [1.165, 1.54) is 0 Å². The second-order valence-electron chi connectivity index (χ2n) is 6.79. The van der Waals surface area contributed by atoms with Crippen LogP contribution in [0.1, 0.15) is 15.9 Å². The van der Waals surface area contributed by atoms with Crippen LogP contribution < -0.4 is 14.8 Å². The third-order valence-electron chi connectivity index (χ3n) is 4.89. The number of aromatic nitrogens is 1. The highest BCUT2D eigenvalue weighted by Gasteiger charge is 2.15. The Labute approximate surface area is 179 Å². The van der Waals surface area contributed by atoms with E-state index < -0.39 is 0 Å². The van der Waals surface area contributed by atoms with Gasteiger partial charge in [0.2, 0.25) is 0 Å². The van der Waals surface area contributed by atoms with Crippen LogP contribution >= 0.6 is 0 Å². The molecule has 1 aromatic heterocycles. The minimum Gasteiger partial charge on any atom is -0.493 e. The Balaban J connectivity index is 1.80. The first-order chi connectivity index (χ1) is 15.1. The van der Waals surface area contributed by atoms with Crippen LogP contribution in [-0.2, 0) is 0 Å². The van der Waals surface area contributed by atoms with Crippen molar-refractivity contribution in [3.05, 3.63) is 83.9 Å². The molecule has 6 heteroatoms. The summed E-state index contributed by atoms with van der Waals surface area (Å²) in [5, 5.41) is 12.7. The van der Waals surface area contributed by atoms with Crippen LogP contribution in [-0.4, -0.2) is 25.1 Å². The third kappa shape index (κ3) is 4.02. The van der Waals surface area contributed by atoms with Crippen molar-refractivity contribution >= 4 is 22.5 Å². The van der Waals surface area contributed by atoms with E-state index in [0.717, 1.165) is 10.9 Å². The fraction of sp³-hybridized carbons (Fsp3) is 0.0800. The number of carbonyl (C=O) groups excluding carboxylic acids is 1. The molecule has 0 atom stereocenters. The molecule has 31 heavy (non-hydrogen) atoms. The number of methoxy groups -OCH3 is 2. The molecule has 4 rings (SSSR count). The van der Waals surface area contributed by atoms with Gasteiger partial charge in [0.25, 0.3) is 5.91 Å². The molecule has 1 amide bonds. The number of fused-ring (bicyclic) bond motifs is 1. The second-order valence-corrected chi connectivity index (χ2v) is 6.79. The highest BCUT2D eigenvalue weighted by atomic mass is 16.5. The van der Waals surface area contributed by atoms with Gasteiger partial charge in [-0.25, -0.2) is 4.98 Å². The molecule has 1 N–H and O–H groups in total. The summed E-state index contributed by atoms with van der Waals surface area (Å²) >= 11 is 0. The average molecular weight is 409 g/mol. The van der Waals surface area contributed by atoms with Crippen molar-refractivity contribution in [3.63, 3.8) is 0 Å². The van der Waals surface area contributed by atoms with Crippen molar-refractivity contribution in [2.24, 2.45) is 0 Å². The van der Waals surface area contributed by atoms with Crippen molar-refractivity contribution in [1.29, 1.82) is 5.26 Å². The number of carbonyl (C=O) groups is 1. The third-order valence-corrected chi connectivity index (χ3v) is 4.89. The van der Waals surface area contributed by atoms with E-state index >= 15 is 0 Å². The molecule has 0 aliphatic rings. The molecule has 0 aliphatic heterocycles. The minimum absolute atomic E-state index is 0.282. The molecule has 1 heterocycles. The molecule has 3 aromatic carbocycles. The lowest BCUT2D eigenvalue weighted by Crippen LogP contribution is -2.13. The van der Waals surface area contributed by atoms with Crippen molar-refractivity contribution < 1.29 is 14.3 Å². The lowest BCUT2D eigenvalue weighted by atomic mass is 10.0. The van der Waals surface area contributed by atoms with Gasteiger partial charge < -0.3 is 14.8 Å². The summed E-state index contributed by atoms with van der Waals surface area (Å²) < 4.78 is 10.7. The number of ether oxygens (including phenoxy) is 2. The van der Waals surface area contributed by atoms with Crippen molar-refractivity contribution in [2.75, 3.05) is 19.5 Å². The maximum absolute atomic E-state index is 13.2. The first-order valence-corrected chi connectivity index (χ1v) is 9.56. The van der Waals surface area contributed by atoms with Crippen molar-refractivity contribution in [2.45, 2.75) is 0 Å². The van der Waals surface area contributed by atoms with E-state index in [4.69, 9.17) is 19.7 Å². The second kappa shape index (κ2) is 8.56. The smallest absolute Gasteiger partial charge is 0.256 e. The van der Waals surface area contributed by atoms with E-state index in [9.17, 15) is 4.79 Å². The van der Waals surface area contributed by atoms with Gasteiger partial charge in [-0.2, -0.15) is 5.26 Å². The van der Waals surface area contributed by atoms with Gasteiger partial charge in [-0.3, -0.25) is 4.79 Å². The number of nitrogens with zero attached hydrogens (tertiary/aromatic N) is 2. The number of rotatable bonds is 5. The van der Waals surface area contributed by atoms with Gasteiger partial charge in [0.05, 0.1) is 42.6 Å². The fourth-order valence-corrected chi connectivity index (χ4v) is 3.37. The summed E-state index contributed by atoms with van der Waals surface area (Å²) in [5.74, 6) is 0.909. The molecule has 6 nitrogen and oxygen atoms in total. The number of anilines is 1. The summed E-state index contributed by atoms with van der Waals surface area (Å²) in [7, 11) is 3.15. The lowest BCUT2D eigenvalue weighted by Gasteiger charge is -2.12. The van der Waals surface area contributed by atoms with Crippen LogP contribution in [0.25, 0.3) is 22.2 Å². The van der Waals surface area contributed by atoms with Gasteiger partial charge in [-0.1, -0.05) is 24.3 Å². The first-order valence-electron chi connectivity index (χ1n) is 9.56. The average Bonchev–Trinajstić information content (AvgIpc) is 2.82. The molecular formula is C25H19N3O3. The van der Waals surface area contributed by atoms with Crippen molar-refractivity contribution in [3.8, 4) is 28.8 Å². The molecule has 4 aromatic rings. The van der Waals surface area contributed by atoms with Crippen LogP contribution in [0.2, 0.25) is 0 Å². The molecule has 152 valence electrons. The zero-order valence-electron chi connectivity index (χ0n) is 17.0. The topological polar surface area (TPSA) is 84.2 Å². The fourth-order valence-electron chi connectivity index (χ4n) is 3.37. The Bertz CT molecular complexity index is 1330. The van der Waals surface area contributed by atoms with E-state index in [2.05, 4.69) is 11.4 Å². The Morgan fingerprint density at radius 1 is 0.935 bits per heavy atom. The van der Waals surface area contributed by atoms with Crippen molar-refractivity contribution in [1.82, 2.24) is 4.98 Å². The number of para-hydroxylation sites is 1. The van der Waals surface area contributed by atoms with Gasteiger partial charge in [0.15, 0.2) is 11.5 Å². The predicted molar refractivity (Wildman–Crippen MR) is 119 cm³/mol. The van der Waals surface area contributed by atoms with Gasteiger partial charge in [-0.15, -0.1) is 0 Å². The number of benzene rings is 3. The van der Waals surface area contributed by atoms with E-state index in [1.807, 2.05) is 36.4 Å². The first kappa shape index (κ1) is 19.9. The molecular weight excluding hydrogens is 390 g/mol. The lowest BCUT2D eigenvalue weighted by molar-refractivity contribution is 0.102. The summed E-state index contributed by atoms with van der Waals surface area (Å²) in [4.78, 5) is 17.9. The molecule has 0 spiro atoms. The summed E-state index contributed by atoms with van der Waals surface area (Å²) in [6, 6.07) is 23.6. The standard InChI is InChI=1S/C25H19N3O3/c1-30-23-11-10-17(13-24(23)31-2)22-14-20(19-8-3-4-9-21(19)28-22)25(29)27-18-7-5-6-16(12-18)15-26/h3-14H,1-2H3,(H,27,29). The normalized spacial score (nSPS) is 10.4. The summed E-state index contributed by atoms with van der Waals surface area (Å²) in [5.41, 5.74) is 3.64. The summed E-state index contributed by atoms with van der Waals surface area (Å²) in [6.07, 6.45) is 0. The number of hydrogen-bond acceptors (Lipinski definition) is 5. The van der Waals surface area contributed by atoms with Gasteiger partial charge in [0, 0.05) is 16.6 Å². The molecule has 0 saturated carbocycles. The molecule has 0 fully saturated rings. The molecule has 0 aliphatic carbocycles. The van der Waals surface area contributed by atoms with E-state index in [0.29, 0.717) is 39.5 Å². The zero-order valence-corrected chi connectivity index (χ0v) is 17.0. The minimum atomic E-state index is -0.282. The molecule has 0 bridgehead atoms. The SMILES string of the molecule is COc1ccc(-c2cc(C(=O)Nc3cccc(C#N)c3)c3ccccc3n2)cc1OC. The monoisotopic (exact) mass is 409 g/mol. The van der Waals surface area contributed by atoms with Crippen LogP contribution in [0.4, 0.5) is 5.69 Å². The number of hydrogen-bond donors (Lipinski definition) is 1. The largest absolute Gasteiger partial charge is 0.493 e. The molecule has 0 unspecified atom stereocenters. The maximum Gasteiger partial charge on any atom is 0.256 e. The number of pyridine rings is 1. The maximum atomic E-state index is 13.2. The van der Waals surface area contributed by atoms with Gasteiger partial charge >= 0.3 is 0 Å². The zero-order chi connectivity index (χ0) is 21.8. The predicted octanol–water partition coefficient (Wildman–Crippen LogP) is 5.04. The number of nitriles is 1. The Morgan fingerprint density at radius 3 is 2.52 bits per heavy atom. The highest BCUT2D eigenvalue weighted by Crippen LogP contribution is 2.33. The highest BCUT2D eigenvalue weighted by molar-refractivity contribution is 6.13. The molecule has 0 radical (unpaired) electrons. The van der Waals surface area contributed by atoms with Crippen LogP contribution in [0.15, 0.2) is 72.8 Å². The summed E-state index contributed by atoms with van der Waals surface area (Å²) in [6.45, 7) is 0. The van der Waals surface area contributed by atoms with Crippen LogP contribution in [0, 0.1) is 11.3 Å².